The Hall–Kier alpha value is -1.90. The van der Waals surface area contributed by atoms with Crippen molar-refractivity contribution in [3.63, 3.8) is 0 Å². The molecule has 1 aromatic carbocycles. The first-order valence-corrected chi connectivity index (χ1v) is 8.68. The summed E-state index contributed by atoms with van der Waals surface area (Å²) in [5, 5.41) is 2.59. The van der Waals surface area contributed by atoms with Crippen molar-refractivity contribution in [3.8, 4) is 0 Å². The zero-order chi connectivity index (χ0) is 18.7. The third-order valence-electron chi connectivity index (χ3n) is 4.38. The molecule has 0 spiro atoms. The van der Waals surface area contributed by atoms with E-state index in [9.17, 15) is 22.8 Å². The number of urea groups is 1. The minimum absolute atomic E-state index is 0.0102. The average molecular weight is 375 g/mol. The number of thioether (sulfide) groups is 1. The van der Waals surface area contributed by atoms with E-state index in [1.165, 1.54) is 29.2 Å². The highest BCUT2D eigenvalue weighted by atomic mass is 32.2. The van der Waals surface area contributed by atoms with E-state index in [1.54, 1.807) is 0 Å². The molecule has 1 atom stereocenters. The van der Waals surface area contributed by atoms with Crippen molar-refractivity contribution in [2.45, 2.75) is 36.6 Å². The van der Waals surface area contributed by atoms with Gasteiger partial charge in [0.05, 0.1) is 5.41 Å². The maximum atomic E-state index is 12.5. The van der Waals surface area contributed by atoms with E-state index in [0.717, 1.165) is 0 Å². The van der Waals surface area contributed by atoms with E-state index >= 15 is 0 Å². The van der Waals surface area contributed by atoms with Gasteiger partial charge in [-0.25, -0.2) is 4.79 Å². The fourth-order valence-electron chi connectivity index (χ4n) is 2.94. The Labute approximate surface area is 148 Å². The van der Waals surface area contributed by atoms with Gasteiger partial charge in [-0.2, -0.15) is 13.2 Å². The SMILES string of the molecule is CC[C@@]1(C(N)=O)CCCN(C(=O)Nc2cccc(SC(F)(F)F)c2)C1. The van der Waals surface area contributed by atoms with E-state index in [2.05, 4.69) is 5.32 Å². The van der Waals surface area contributed by atoms with Crippen LogP contribution in [0.2, 0.25) is 0 Å². The monoisotopic (exact) mass is 375 g/mol. The van der Waals surface area contributed by atoms with E-state index in [4.69, 9.17) is 5.73 Å². The number of rotatable bonds is 4. The van der Waals surface area contributed by atoms with E-state index < -0.39 is 22.9 Å². The highest BCUT2D eigenvalue weighted by Crippen LogP contribution is 2.38. The largest absolute Gasteiger partial charge is 0.446 e. The Morgan fingerprint density at radius 2 is 2.12 bits per heavy atom. The van der Waals surface area contributed by atoms with Crippen LogP contribution >= 0.6 is 11.8 Å². The van der Waals surface area contributed by atoms with Gasteiger partial charge in [-0.3, -0.25) is 4.79 Å². The molecule has 0 bridgehead atoms. The van der Waals surface area contributed by atoms with Crippen molar-refractivity contribution < 1.29 is 22.8 Å². The second-order valence-electron chi connectivity index (χ2n) is 6.03. The topological polar surface area (TPSA) is 75.4 Å². The molecule has 9 heteroatoms. The Morgan fingerprint density at radius 1 is 1.40 bits per heavy atom. The van der Waals surface area contributed by atoms with Crippen LogP contribution in [-0.2, 0) is 4.79 Å². The summed E-state index contributed by atoms with van der Waals surface area (Å²) in [7, 11) is 0. The van der Waals surface area contributed by atoms with Crippen LogP contribution in [0.25, 0.3) is 0 Å². The lowest BCUT2D eigenvalue weighted by atomic mass is 9.77. The summed E-state index contributed by atoms with van der Waals surface area (Å²) in [6.07, 6.45) is 1.80. The van der Waals surface area contributed by atoms with Gasteiger partial charge in [-0.05, 0) is 49.2 Å². The van der Waals surface area contributed by atoms with Gasteiger partial charge >= 0.3 is 11.5 Å². The minimum Gasteiger partial charge on any atom is -0.369 e. The van der Waals surface area contributed by atoms with Crippen LogP contribution in [0, 0.1) is 5.41 Å². The molecular formula is C16H20F3N3O2S. The summed E-state index contributed by atoms with van der Waals surface area (Å²) >= 11 is -0.241. The number of piperidine rings is 1. The number of hydrogen-bond acceptors (Lipinski definition) is 3. The molecule has 138 valence electrons. The molecule has 0 saturated carbocycles. The van der Waals surface area contributed by atoms with Gasteiger partial charge in [0.1, 0.15) is 0 Å². The number of nitrogens with two attached hydrogens (primary N) is 1. The van der Waals surface area contributed by atoms with E-state index in [-0.39, 0.29) is 28.9 Å². The summed E-state index contributed by atoms with van der Waals surface area (Å²) in [6, 6.07) is 5.10. The van der Waals surface area contributed by atoms with Crippen LogP contribution in [-0.4, -0.2) is 35.4 Å². The molecule has 3 amide bonds. The maximum Gasteiger partial charge on any atom is 0.446 e. The third kappa shape index (κ3) is 5.04. The number of carbonyl (C=O) groups excluding carboxylic acids is 2. The lowest BCUT2D eigenvalue weighted by molar-refractivity contribution is -0.130. The zero-order valence-electron chi connectivity index (χ0n) is 13.7. The number of anilines is 1. The van der Waals surface area contributed by atoms with Gasteiger partial charge in [0.25, 0.3) is 0 Å². The molecule has 25 heavy (non-hydrogen) atoms. The molecular weight excluding hydrogens is 355 g/mol. The van der Waals surface area contributed by atoms with Crippen LogP contribution in [0.4, 0.5) is 23.7 Å². The van der Waals surface area contributed by atoms with Crippen molar-refractivity contribution in [2.24, 2.45) is 11.1 Å². The molecule has 1 aliphatic rings. The Kier molecular flexibility index (Phi) is 5.87. The Morgan fingerprint density at radius 3 is 2.72 bits per heavy atom. The lowest BCUT2D eigenvalue weighted by Crippen LogP contribution is -2.52. The third-order valence-corrected chi connectivity index (χ3v) is 5.10. The van der Waals surface area contributed by atoms with Crippen molar-refractivity contribution in [3.05, 3.63) is 24.3 Å². The smallest absolute Gasteiger partial charge is 0.369 e. The number of nitrogens with one attached hydrogen (secondary N) is 1. The van der Waals surface area contributed by atoms with Crippen LogP contribution < -0.4 is 11.1 Å². The molecule has 0 unspecified atom stereocenters. The van der Waals surface area contributed by atoms with Crippen LogP contribution in [0.15, 0.2) is 29.2 Å². The number of benzene rings is 1. The molecule has 0 radical (unpaired) electrons. The molecule has 3 N–H and O–H groups in total. The normalized spacial score (nSPS) is 21.0. The van der Waals surface area contributed by atoms with Crippen molar-refractivity contribution in [2.75, 3.05) is 18.4 Å². The van der Waals surface area contributed by atoms with E-state index in [1.807, 2.05) is 6.92 Å². The number of amides is 3. The van der Waals surface area contributed by atoms with Crippen LogP contribution in [0.3, 0.4) is 0 Å². The van der Waals surface area contributed by atoms with Gasteiger partial charge < -0.3 is 16.0 Å². The molecule has 1 saturated heterocycles. The minimum atomic E-state index is -4.39. The number of carbonyl (C=O) groups is 2. The van der Waals surface area contributed by atoms with Crippen LogP contribution in [0.5, 0.6) is 0 Å². The first kappa shape index (κ1) is 19.4. The average Bonchev–Trinajstić information content (AvgIpc) is 2.53. The molecule has 0 aliphatic carbocycles. The summed E-state index contributed by atoms with van der Waals surface area (Å²) in [6.45, 7) is 2.53. The van der Waals surface area contributed by atoms with E-state index in [0.29, 0.717) is 25.8 Å². The quantitative estimate of drug-likeness (QED) is 0.786. The molecule has 5 nitrogen and oxygen atoms in total. The van der Waals surface area contributed by atoms with Gasteiger partial charge in [0, 0.05) is 23.7 Å². The molecule has 1 fully saturated rings. The number of halogens is 3. The van der Waals surface area contributed by atoms with Crippen molar-refractivity contribution in [1.29, 1.82) is 0 Å². The van der Waals surface area contributed by atoms with Crippen LogP contribution in [0.1, 0.15) is 26.2 Å². The molecule has 1 aliphatic heterocycles. The number of hydrogen-bond donors (Lipinski definition) is 2. The Bertz CT molecular complexity index is 654. The molecule has 2 rings (SSSR count). The van der Waals surface area contributed by atoms with Crippen molar-refractivity contribution in [1.82, 2.24) is 4.90 Å². The highest BCUT2D eigenvalue weighted by Gasteiger charge is 2.40. The highest BCUT2D eigenvalue weighted by molar-refractivity contribution is 8.00. The summed E-state index contributed by atoms with van der Waals surface area (Å²) in [5.74, 6) is -0.434. The summed E-state index contributed by atoms with van der Waals surface area (Å²) in [5.41, 5.74) is 0.631. The fourth-order valence-corrected chi connectivity index (χ4v) is 3.54. The van der Waals surface area contributed by atoms with Crippen molar-refractivity contribution >= 4 is 29.4 Å². The number of nitrogens with zero attached hydrogens (tertiary/aromatic N) is 1. The first-order chi connectivity index (χ1) is 11.6. The van der Waals surface area contributed by atoms with Gasteiger partial charge in [0.15, 0.2) is 0 Å². The summed E-state index contributed by atoms with van der Waals surface area (Å²) in [4.78, 5) is 25.7. The maximum absolute atomic E-state index is 12.5. The lowest BCUT2D eigenvalue weighted by Gasteiger charge is -2.40. The predicted octanol–water partition coefficient (Wildman–Crippen LogP) is 3.81. The first-order valence-electron chi connectivity index (χ1n) is 7.87. The van der Waals surface area contributed by atoms with Gasteiger partial charge in [0.2, 0.25) is 5.91 Å². The van der Waals surface area contributed by atoms with Gasteiger partial charge in [-0.15, -0.1) is 0 Å². The Balaban J connectivity index is 2.07. The summed E-state index contributed by atoms with van der Waals surface area (Å²) < 4.78 is 37.4. The number of likely N-dealkylation sites (tertiary alicyclic amines) is 1. The second kappa shape index (κ2) is 7.55. The standard InChI is InChI=1S/C16H20F3N3O2S/c1-2-15(13(20)23)7-4-8-22(10-15)14(24)21-11-5-3-6-12(9-11)25-16(17,18)19/h3,5-6,9H,2,4,7-8,10H2,1H3,(H2,20,23)(H,21,24)/t15-/m1/s1. The molecule has 1 heterocycles. The number of alkyl halides is 3. The second-order valence-corrected chi connectivity index (χ2v) is 7.17. The number of primary amides is 1. The molecule has 0 aromatic heterocycles. The van der Waals surface area contributed by atoms with Gasteiger partial charge in [-0.1, -0.05) is 13.0 Å². The zero-order valence-corrected chi connectivity index (χ0v) is 14.5. The predicted molar refractivity (Wildman–Crippen MR) is 90.1 cm³/mol. The molecule has 1 aromatic rings. The fraction of sp³-hybridized carbons (Fsp3) is 0.500.